The summed E-state index contributed by atoms with van der Waals surface area (Å²) in [6, 6.07) is 16.8. The average molecular weight is 496 g/mol. The number of ether oxygens (including phenoxy) is 1. The van der Waals surface area contributed by atoms with Crippen LogP contribution in [-0.2, 0) is 0 Å². The molecule has 0 radical (unpaired) electrons. The number of aryl methyl sites for hydroxylation is 4. The third-order valence-corrected chi connectivity index (χ3v) is 7.45. The molecule has 190 valence electrons. The number of benzene rings is 3. The molecule has 0 N–H and O–H groups in total. The van der Waals surface area contributed by atoms with Crippen LogP contribution < -0.4 is 15.1 Å². The number of anilines is 1. The van der Waals surface area contributed by atoms with Gasteiger partial charge in [-0.1, -0.05) is 38.0 Å². The molecule has 5 heteroatoms. The number of hydrogen-bond donors (Lipinski definition) is 0. The van der Waals surface area contributed by atoms with Gasteiger partial charge in [-0.25, -0.2) is 0 Å². The molecule has 1 aliphatic rings. The van der Waals surface area contributed by atoms with Crippen molar-refractivity contribution in [1.29, 1.82) is 0 Å². The van der Waals surface area contributed by atoms with Crippen molar-refractivity contribution in [2.45, 2.75) is 59.9 Å². The number of fused-ring (bicyclic) bond motifs is 2. The van der Waals surface area contributed by atoms with Gasteiger partial charge in [0.25, 0.3) is 5.91 Å². The lowest BCUT2D eigenvalue weighted by atomic mass is 9.97. The zero-order chi connectivity index (χ0) is 26.3. The molecule has 0 aliphatic carbocycles. The fourth-order valence-corrected chi connectivity index (χ4v) is 5.00. The van der Waals surface area contributed by atoms with E-state index in [2.05, 4.69) is 6.92 Å². The monoisotopic (exact) mass is 495 g/mol. The Kier molecular flexibility index (Phi) is 6.63. The standard InChI is InChI=1S/C32H33NO4/c1-6-7-8-14-36-25-11-9-10-23(18-25)29-28-30(34)26-16-21(4)22(5)17-27(26)37-31(28)32(35)33(29)24-13-12-19(2)20(3)15-24/h9-13,15-18,29H,6-8,14H2,1-5H3. The molecule has 3 aromatic carbocycles. The van der Waals surface area contributed by atoms with E-state index in [1.807, 2.05) is 82.3 Å². The molecule has 2 heterocycles. The summed E-state index contributed by atoms with van der Waals surface area (Å²) in [5.74, 6) is 0.527. The van der Waals surface area contributed by atoms with Gasteiger partial charge in [0.05, 0.1) is 23.6 Å². The quantitative estimate of drug-likeness (QED) is 0.252. The number of carbonyl (C=O) groups is 1. The number of rotatable bonds is 7. The number of nitrogens with zero attached hydrogens (tertiary/aromatic N) is 1. The van der Waals surface area contributed by atoms with Gasteiger partial charge in [-0.2, -0.15) is 0 Å². The molecule has 0 saturated carbocycles. The SMILES string of the molecule is CCCCCOc1cccc(C2c3c(oc4cc(C)c(C)cc4c3=O)C(=O)N2c2ccc(C)c(C)c2)c1. The number of amides is 1. The molecular formula is C32H33NO4. The Bertz CT molecular complexity index is 1570. The fourth-order valence-electron chi connectivity index (χ4n) is 5.00. The third kappa shape index (κ3) is 4.43. The molecule has 0 bridgehead atoms. The lowest BCUT2D eigenvalue weighted by Gasteiger charge is -2.26. The first kappa shape index (κ1) is 24.8. The van der Waals surface area contributed by atoms with Crippen LogP contribution in [0.2, 0.25) is 0 Å². The third-order valence-electron chi connectivity index (χ3n) is 7.45. The normalized spacial score (nSPS) is 14.9. The van der Waals surface area contributed by atoms with Crippen molar-refractivity contribution in [1.82, 2.24) is 0 Å². The minimum absolute atomic E-state index is 0.109. The molecule has 1 unspecified atom stereocenters. The fraction of sp³-hybridized carbons (Fsp3) is 0.312. The van der Waals surface area contributed by atoms with Crippen LogP contribution in [0.4, 0.5) is 5.69 Å². The predicted molar refractivity (Wildman–Crippen MR) is 148 cm³/mol. The molecule has 0 fully saturated rings. The Labute approximate surface area is 217 Å². The highest BCUT2D eigenvalue weighted by Crippen LogP contribution is 2.42. The van der Waals surface area contributed by atoms with Crippen molar-refractivity contribution in [2.75, 3.05) is 11.5 Å². The maximum Gasteiger partial charge on any atom is 0.295 e. The molecular weight excluding hydrogens is 462 g/mol. The summed E-state index contributed by atoms with van der Waals surface area (Å²) in [5, 5.41) is 0.494. The lowest BCUT2D eigenvalue weighted by molar-refractivity contribution is 0.0971. The van der Waals surface area contributed by atoms with Gasteiger partial charge < -0.3 is 9.15 Å². The van der Waals surface area contributed by atoms with Gasteiger partial charge in [-0.05, 0) is 98.3 Å². The van der Waals surface area contributed by atoms with Gasteiger partial charge in [0.1, 0.15) is 11.3 Å². The van der Waals surface area contributed by atoms with Gasteiger partial charge in [-0.3, -0.25) is 14.5 Å². The van der Waals surface area contributed by atoms with E-state index in [-0.39, 0.29) is 17.1 Å². The molecule has 1 amide bonds. The molecule has 0 spiro atoms. The average Bonchev–Trinajstić information content (AvgIpc) is 3.17. The first-order chi connectivity index (χ1) is 17.8. The summed E-state index contributed by atoms with van der Waals surface area (Å²) in [5.41, 5.74) is 6.42. The maximum absolute atomic E-state index is 14.0. The molecule has 5 rings (SSSR count). The molecule has 1 aromatic heterocycles. The van der Waals surface area contributed by atoms with E-state index < -0.39 is 6.04 Å². The van der Waals surface area contributed by atoms with Gasteiger partial charge in [0.15, 0.2) is 5.43 Å². The van der Waals surface area contributed by atoms with E-state index in [1.165, 1.54) is 0 Å². The van der Waals surface area contributed by atoms with Crippen LogP contribution in [0, 0.1) is 27.7 Å². The van der Waals surface area contributed by atoms with E-state index in [0.717, 1.165) is 58.5 Å². The summed E-state index contributed by atoms with van der Waals surface area (Å²) in [6.45, 7) is 10.8. The molecule has 0 saturated heterocycles. The lowest BCUT2D eigenvalue weighted by Crippen LogP contribution is -2.29. The highest BCUT2D eigenvalue weighted by atomic mass is 16.5. The maximum atomic E-state index is 14.0. The van der Waals surface area contributed by atoms with E-state index >= 15 is 0 Å². The molecule has 4 aromatic rings. The van der Waals surface area contributed by atoms with Gasteiger partial charge >= 0.3 is 0 Å². The predicted octanol–water partition coefficient (Wildman–Crippen LogP) is 7.35. The van der Waals surface area contributed by atoms with Crippen LogP contribution >= 0.6 is 0 Å². The van der Waals surface area contributed by atoms with E-state index in [4.69, 9.17) is 9.15 Å². The van der Waals surface area contributed by atoms with Crippen LogP contribution in [-0.4, -0.2) is 12.5 Å². The van der Waals surface area contributed by atoms with Crippen molar-refractivity contribution in [3.63, 3.8) is 0 Å². The number of carbonyl (C=O) groups excluding carboxylic acids is 1. The molecule has 5 nitrogen and oxygen atoms in total. The second-order valence-corrected chi connectivity index (χ2v) is 10.1. The zero-order valence-electron chi connectivity index (χ0n) is 22.2. The van der Waals surface area contributed by atoms with Crippen LogP contribution in [0.1, 0.15) is 76.2 Å². The molecule has 37 heavy (non-hydrogen) atoms. The topological polar surface area (TPSA) is 59.8 Å². The highest BCUT2D eigenvalue weighted by molar-refractivity contribution is 6.10. The Morgan fingerprint density at radius 3 is 2.38 bits per heavy atom. The second kappa shape index (κ2) is 9.89. The van der Waals surface area contributed by atoms with Gasteiger partial charge in [0, 0.05) is 5.69 Å². The van der Waals surface area contributed by atoms with Crippen LogP contribution in [0.5, 0.6) is 5.75 Å². The van der Waals surface area contributed by atoms with E-state index in [9.17, 15) is 9.59 Å². The summed E-state index contributed by atoms with van der Waals surface area (Å²) >= 11 is 0. The summed E-state index contributed by atoms with van der Waals surface area (Å²) in [4.78, 5) is 29.6. The summed E-state index contributed by atoms with van der Waals surface area (Å²) in [6.07, 6.45) is 3.21. The van der Waals surface area contributed by atoms with E-state index in [0.29, 0.717) is 23.1 Å². The summed E-state index contributed by atoms with van der Waals surface area (Å²) in [7, 11) is 0. The number of unbranched alkanes of at least 4 members (excludes halogenated alkanes) is 2. The largest absolute Gasteiger partial charge is 0.494 e. The van der Waals surface area contributed by atoms with Crippen molar-refractivity contribution >= 4 is 22.6 Å². The van der Waals surface area contributed by atoms with Crippen molar-refractivity contribution in [3.8, 4) is 5.75 Å². The number of hydrogen-bond acceptors (Lipinski definition) is 4. The smallest absolute Gasteiger partial charge is 0.295 e. The Morgan fingerprint density at radius 1 is 0.865 bits per heavy atom. The highest BCUT2D eigenvalue weighted by Gasteiger charge is 2.44. The van der Waals surface area contributed by atoms with Crippen LogP contribution in [0.25, 0.3) is 11.0 Å². The van der Waals surface area contributed by atoms with Crippen molar-refractivity contribution < 1.29 is 13.9 Å². The van der Waals surface area contributed by atoms with Crippen LogP contribution in [0.15, 0.2) is 63.8 Å². The first-order valence-electron chi connectivity index (χ1n) is 13.0. The van der Waals surface area contributed by atoms with Crippen molar-refractivity contribution in [2.24, 2.45) is 0 Å². The first-order valence-corrected chi connectivity index (χ1v) is 13.0. The zero-order valence-corrected chi connectivity index (χ0v) is 22.2. The van der Waals surface area contributed by atoms with Gasteiger partial charge in [0.2, 0.25) is 5.76 Å². The van der Waals surface area contributed by atoms with Crippen LogP contribution in [0.3, 0.4) is 0 Å². The Morgan fingerprint density at radius 2 is 1.62 bits per heavy atom. The molecule has 1 aliphatic heterocycles. The summed E-state index contributed by atoms with van der Waals surface area (Å²) < 4.78 is 12.2. The minimum atomic E-state index is -0.619. The van der Waals surface area contributed by atoms with Gasteiger partial charge in [-0.15, -0.1) is 0 Å². The van der Waals surface area contributed by atoms with Crippen molar-refractivity contribution in [3.05, 3.63) is 104 Å². The minimum Gasteiger partial charge on any atom is -0.494 e. The molecule has 1 atom stereocenters. The Hall–Kier alpha value is -3.86. The second-order valence-electron chi connectivity index (χ2n) is 10.1. The van der Waals surface area contributed by atoms with E-state index in [1.54, 1.807) is 4.90 Å². The Balaban J connectivity index is 1.70.